The van der Waals surface area contributed by atoms with Crippen LogP contribution in [-0.2, 0) is 4.79 Å². The van der Waals surface area contributed by atoms with Gasteiger partial charge in [-0.15, -0.1) is 0 Å². The first kappa shape index (κ1) is 10.4. The molecule has 1 aromatic rings. The van der Waals surface area contributed by atoms with E-state index in [4.69, 9.17) is 0 Å². The number of allylic oxidation sites excluding steroid dienone is 1. The maximum absolute atomic E-state index is 12.8. The molecule has 0 aliphatic rings. The molecule has 0 saturated carbocycles. The third kappa shape index (κ3) is 3.39. The van der Waals surface area contributed by atoms with Crippen molar-refractivity contribution in [3.8, 4) is 0 Å². The predicted molar refractivity (Wildman–Crippen MR) is 53.9 cm³/mol. The zero-order chi connectivity index (χ0) is 10.6. The Kier molecular flexibility index (Phi) is 3.40. The van der Waals surface area contributed by atoms with Crippen LogP contribution in [0.2, 0.25) is 0 Å². The first-order valence-electron chi connectivity index (χ1n) is 4.29. The second kappa shape index (κ2) is 4.56. The molecule has 0 spiro atoms. The van der Waals surface area contributed by atoms with Crippen LogP contribution >= 0.6 is 0 Å². The molecule has 2 nitrogen and oxygen atoms in total. The van der Waals surface area contributed by atoms with Gasteiger partial charge in [0.25, 0.3) is 0 Å². The molecule has 0 fully saturated rings. The molecule has 0 aromatic heterocycles. The summed E-state index contributed by atoms with van der Waals surface area (Å²) in [6.45, 7) is 3.19. The number of benzene rings is 1. The average molecular weight is 193 g/mol. The van der Waals surface area contributed by atoms with Crippen molar-refractivity contribution in [1.82, 2.24) is 5.32 Å². The van der Waals surface area contributed by atoms with Crippen LogP contribution in [0.3, 0.4) is 0 Å². The molecule has 14 heavy (non-hydrogen) atoms. The SMILES string of the molecule is CC(=O)N/C(C)=C/c1cccc(F)c1. The predicted octanol–water partition coefficient (Wildman–Crippen LogP) is 2.32. The van der Waals surface area contributed by atoms with Crippen molar-refractivity contribution in [2.45, 2.75) is 13.8 Å². The number of amides is 1. The van der Waals surface area contributed by atoms with Gasteiger partial charge in [0.15, 0.2) is 0 Å². The summed E-state index contributed by atoms with van der Waals surface area (Å²) in [5.74, 6) is -0.412. The molecule has 1 rings (SSSR count). The monoisotopic (exact) mass is 193 g/mol. The summed E-state index contributed by atoms with van der Waals surface area (Å²) in [6.07, 6.45) is 1.71. The first-order chi connectivity index (χ1) is 6.58. The highest BCUT2D eigenvalue weighted by molar-refractivity contribution is 5.76. The van der Waals surface area contributed by atoms with Gasteiger partial charge in [-0.3, -0.25) is 4.79 Å². The second-order valence-electron chi connectivity index (χ2n) is 3.06. The Bertz CT molecular complexity index is 371. The molecule has 0 aliphatic carbocycles. The van der Waals surface area contributed by atoms with Crippen molar-refractivity contribution in [3.63, 3.8) is 0 Å². The summed E-state index contributed by atoms with van der Waals surface area (Å²) in [5, 5.41) is 2.61. The van der Waals surface area contributed by atoms with Gasteiger partial charge in [-0.2, -0.15) is 0 Å². The maximum atomic E-state index is 12.8. The molecule has 1 amide bonds. The third-order valence-electron chi connectivity index (χ3n) is 1.61. The van der Waals surface area contributed by atoms with Crippen molar-refractivity contribution in [3.05, 3.63) is 41.3 Å². The minimum atomic E-state index is -0.283. The van der Waals surface area contributed by atoms with E-state index in [-0.39, 0.29) is 11.7 Å². The number of halogens is 1. The lowest BCUT2D eigenvalue weighted by Crippen LogP contribution is -2.16. The van der Waals surface area contributed by atoms with E-state index in [0.717, 1.165) is 5.56 Å². The Hall–Kier alpha value is -1.64. The van der Waals surface area contributed by atoms with E-state index in [1.807, 2.05) is 0 Å². The Balaban J connectivity index is 2.80. The van der Waals surface area contributed by atoms with Gasteiger partial charge in [0, 0.05) is 12.6 Å². The van der Waals surface area contributed by atoms with Crippen LogP contribution in [-0.4, -0.2) is 5.91 Å². The second-order valence-corrected chi connectivity index (χ2v) is 3.06. The average Bonchev–Trinajstić information content (AvgIpc) is 2.01. The van der Waals surface area contributed by atoms with Crippen molar-refractivity contribution in [1.29, 1.82) is 0 Å². The summed E-state index contributed by atoms with van der Waals surface area (Å²) in [7, 11) is 0. The normalized spacial score (nSPS) is 11.2. The van der Waals surface area contributed by atoms with Gasteiger partial charge in [-0.25, -0.2) is 4.39 Å². The number of nitrogens with one attached hydrogen (secondary N) is 1. The van der Waals surface area contributed by atoms with Gasteiger partial charge in [-0.05, 0) is 30.7 Å². The minimum absolute atomic E-state index is 0.129. The quantitative estimate of drug-likeness (QED) is 0.767. The van der Waals surface area contributed by atoms with Crippen LogP contribution in [0.15, 0.2) is 30.0 Å². The van der Waals surface area contributed by atoms with Gasteiger partial charge in [0.2, 0.25) is 5.91 Å². The molecule has 0 saturated heterocycles. The van der Waals surface area contributed by atoms with Gasteiger partial charge in [0.05, 0.1) is 0 Å². The lowest BCUT2D eigenvalue weighted by Gasteiger charge is -2.01. The molecule has 0 unspecified atom stereocenters. The standard InChI is InChI=1S/C11H12FNO/c1-8(13-9(2)14)6-10-4-3-5-11(12)7-10/h3-7H,1-2H3,(H,13,14)/b8-6+. The Morgan fingerprint density at radius 2 is 2.14 bits per heavy atom. The molecule has 0 atom stereocenters. The molecule has 0 bridgehead atoms. The lowest BCUT2D eigenvalue weighted by atomic mass is 10.2. The number of rotatable bonds is 2. The number of carbonyl (C=O) groups excluding carboxylic acids is 1. The molecule has 1 N–H and O–H groups in total. The summed E-state index contributed by atoms with van der Waals surface area (Å²) >= 11 is 0. The number of carbonyl (C=O) groups is 1. The van der Waals surface area contributed by atoms with Crippen LogP contribution in [0.25, 0.3) is 6.08 Å². The van der Waals surface area contributed by atoms with Gasteiger partial charge < -0.3 is 5.32 Å². The topological polar surface area (TPSA) is 29.1 Å². The Labute approximate surface area is 82.4 Å². The molecule has 74 valence electrons. The molecule has 3 heteroatoms. The van der Waals surface area contributed by atoms with Crippen LogP contribution in [0.5, 0.6) is 0 Å². The number of hydrogen-bond donors (Lipinski definition) is 1. The van der Waals surface area contributed by atoms with E-state index >= 15 is 0 Å². The maximum Gasteiger partial charge on any atom is 0.220 e. The van der Waals surface area contributed by atoms with Crippen LogP contribution < -0.4 is 5.32 Å². The van der Waals surface area contributed by atoms with Crippen molar-refractivity contribution >= 4 is 12.0 Å². The van der Waals surface area contributed by atoms with E-state index in [1.54, 1.807) is 25.1 Å². The van der Waals surface area contributed by atoms with E-state index in [0.29, 0.717) is 5.70 Å². The highest BCUT2D eigenvalue weighted by Crippen LogP contribution is 2.07. The summed E-state index contributed by atoms with van der Waals surface area (Å²) < 4.78 is 12.8. The van der Waals surface area contributed by atoms with Gasteiger partial charge in [0.1, 0.15) is 5.82 Å². The van der Waals surface area contributed by atoms with E-state index in [9.17, 15) is 9.18 Å². The van der Waals surface area contributed by atoms with Crippen LogP contribution in [0.4, 0.5) is 4.39 Å². The molecular formula is C11H12FNO. The number of hydrogen-bond acceptors (Lipinski definition) is 1. The molecule has 1 aromatic carbocycles. The first-order valence-corrected chi connectivity index (χ1v) is 4.29. The van der Waals surface area contributed by atoms with E-state index < -0.39 is 0 Å². The lowest BCUT2D eigenvalue weighted by molar-refractivity contribution is -0.118. The summed E-state index contributed by atoms with van der Waals surface area (Å²) in [4.78, 5) is 10.7. The van der Waals surface area contributed by atoms with E-state index in [1.165, 1.54) is 19.1 Å². The van der Waals surface area contributed by atoms with Gasteiger partial charge >= 0.3 is 0 Å². The molecule has 0 radical (unpaired) electrons. The minimum Gasteiger partial charge on any atom is -0.330 e. The fourth-order valence-electron chi connectivity index (χ4n) is 1.16. The van der Waals surface area contributed by atoms with Gasteiger partial charge in [-0.1, -0.05) is 12.1 Å². The third-order valence-corrected chi connectivity index (χ3v) is 1.61. The Morgan fingerprint density at radius 3 is 2.71 bits per heavy atom. The van der Waals surface area contributed by atoms with Crippen molar-refractivity contribution in [2.24, 2.45) is 0 Å². The van der Waals surface area contributed by atoms with Crippen molar-refractivity contribution < 1.29 is 9.18 Å². The molecule has 0 heterocycles. The molecular weight excluding hydrogens is 181 g/mol. The largest absolute Gasteiger partial charge is 0.330 e. The fourth-order valence-corrected chi connectivity index (χ4v) is 1.16. The highest BCUT2D eigenvalue weighted by atomic mass is 19.1. The zero-order valence-corrected chi connectivity index (χ0v) is 8.17. The van der Waals surface area contributed by atoms with Crippen molar-refractivity contribution in [2.75, 3.05) is 0 Å². The summed E-state index contributed by atoms with van der Waals surface area (Å²) in [6, 6.07) is 6.19. The highest BCUT2D eigenvalue weighted by Gasteiger charge is 1.94. The zero-order valence-electron chi connectivity index (χ0n) is 8.17. The van der Waals surface area contributed by atoms with E-state index in [2.05, 4.69) is 5.32 Å². The smallest absolute Gasteiger partial charge is 0.220 e. The van der Waals surface area contributed by atoms with Crippen LogP contribution in [0.1, 0.15) is 19.4 Å². The molecule has 0 aliphatic heterocycles. The Morgan fingerprint density at radius 1 is 1.43 bits per heavy atom. The fraction of sp³-hybridized carbons (Fsp3) is 0.182. The van der Waals surface area contributed by atoms with Crippen LogP contribution in [0, 0.1) is 5.82 Å². The summed E-state index contributed by atoms with van der Waals surface area (Å²) in [5.41, 5.74) is 1.43.